The molecule has 32 heavy (non-hydrogen) atoms. The average molecular weight is 423 g/mol. The van der Waals surface area contributed by atoms with Gasteiger partial charge in [-0.1, -0.05) is 48.5 Å². The van der Waals surface area contributed by atoms with E-state index in [0.717, 1.165) is 39.0 Å². The molecule has 0 bridgehead atoms. The number of para-hydroxylation sites is 1. The Bertz CT molecular complexity index is 1360. The minimum atomic E-state index is -0.288. The summed E-state index contributed by atoms with van der Waals surface area (Å²) in [5, 5.41) is 8.91. The molecule has 0 N–H and O–H groups in total. The fourth-order valence-corrected chi connectivity index (χ4v) is 3.36. The van der Waals surface area contributed by atoms with Gasteiger partial charge >= 0.3 is 0 Å². The van der Waals surface area contributed by atoms with E-state index in [0.29, 0.717) is 12.5 Å². The van der Waals surface area contributed by atoms with Crippen LogP contribution in [-0.2, 0) is 6.61 Å². The summed E-state index contributed by atoms with van der Waals surface area (Å²) in [7, 11) is 0. The van der Waals surface area contributed by atoms with E-state index in [-0.39, 0.29) is 5.82 Å². The lowest BCUT2D eigenvalue weighted by Gasteiger charge is -2.09. The first kappa shape index (κ1) is 19.6. The van der Waals surface area contributed by atoms with Crippen molar-refractivity contribution in [1.82, 2.24) is 15.2 Å². The monoisotopic (exact) mass is 423 g/mol. The summed E-state index contributed by atoms with van der Waals surface area (Å²) in [4.78, 5) is 4.63. The molecule has 0 aliphatic heterocycles. The van der Waals surface area contributed by atoms with Gasteiger partial charge in [-0.2, -0.15) is 0 Å². The second-order valence-corrected chi connectivity index (χ2v) is 7.16. The fraction of sp³-hybridized carbons (Fsp3) is 0.0385. The molecule has 2 aromatic heterocycles. The SMILES string of the molecule is Fc1ccc(C=C(c2ccc(OCc3ccc4ccccc4n3)cc2)c2nnco2)cc1. The van der Waals surface area contributed by atoms with Crippen molar-refractivity contribution in [3.05, 3.63) is 120 Å². The van der Waals surface area contributed by atoms with Gasteiger partial charge < -0.3 is 9.15 Å². The Labute approximate surface area is 183 Å². The Balaban J connectivity index is 1.36. The minimum Gasteiger partial charge on any atom is -0.487 e. The van der Waals surface area contributed by atoms with Crippen LogP contribution in [0, 0.1) is 5.82 Å². The highest BCUT2D eigenvalue weighted by atomic mass is 19.1. The molecule has 5 rings (SSSR count). The summed E-state index contributed by atoms with van der Waals surface area (Å²) in [5.74, 6) is 0.808. The first-order valence-electron chi connectivity index (χ1n) is 10.1. The highest BCUT2D eigenvalue weighted by Gasteiger charge is 2.11. The Morgan fingerprint density at radius 1 is 0.906 bits per heavy atom. The number of fused-ring (bicyclic) bond motifs is 1. The number of nitrogens with zero attached hydrogens (tertiary/aromatic N) is 3. The molecule has 0 aliphatic rings. The Kier molecular flexibility index (Phi) is 5.41. The van der Waals surface area contributed by atoms with Crippen molar-refractivity contribution in [2.24, 2.45) is 0 Å². The number of hydrogen-bond acceptors (Lipinski definition) is 5. The summed E-state index contributed by atoms with van der Waals surface area (Å²) in [5.41, 5.74) is 4.23. The van der Waals surface area contributed by atoms with E-state index in [1.54, 1.807) is 12.1 Å². The molecule has 5 aromatic rings. The largest absolute Gasteiger partial charge is 0.487 e. The maximum atomic E-state index is 13.3. The van der Waals surface area contributed by atoms with Gasteiger partial charge in [0.05, 0.1) is 11.2 Å². The molecule has 0 atom stereocenters. The molecule has 0 unspecified atom stereocenters. The molecule has 6 heteroatoms. The first-order valence-corrected chi connectivity index (χ1v) is 10.1. The quantitative estimate of drug-likeness (QED) is 0.317. The minimum absolute atomic E-state index is 0.288. The van der Waals surface area contributed by atoms with Gasteiger partial charge in [0.2, 0.25) is 12.3 Å². The van der Waals surface area contributed by atoms with E-state index >= 15 is 0 Å². The van der Waals surface area contributed by atoms with Gasteiger partial charge in [-0.05, 0) is 53.6 Å². The lowest BCUT2D eigenvalue weighted by atomic mass is 10.0. The number of rotatable bonds is 6. The number of aromatic nitrogens is 3. The van der Waals surface area contributed by atoms with E-state index in [1.807, 2.05) is 66.7 Å². The van der Waals surface area contributed by atoms with Crippen molar-refractivity contribution in [2.75, 3.05) is 0 Å². The Hall–Kier alpha value is -4.32. The third kappa shape index (κ3) is 4.39. The van der Waals surface area contributed by atoms with Gasteiger partial charge in [0, 0.05) is 11.0 Å². The second kappa shape index (κ2) is 8.81. The van der Waals surface area contributed by atoms with E-state index < -0.39 is 0 Å². The summed E-state index contributed by atoms with van der Waals surface area (Å²) < 4.78 is 24.6. The molecule has 0 saturated heterocycles. The summed E-state index contributed by atoms with van der Waals surface area (Å²) in [6.45, 7) is 0.367. The summed E-state index contributed by atoms with van der Waals surface area (Å²) in [6.07, 6.45) is 3.16. The smallest absolute Gasteiger partial charge is 0.248 e. The van der Waals surface area contributed by atoms with E-state index in [4.69, 9.17) is 9.15 Å². The van der Waals surface area contributed by atoms with Crippen molar-refractivity contribution < 1.29 is 13.5 Å². The number of ether oxygens (including phenoxy) is 1. The van der Waals surface area contributed by atoms with Crippen LogP contribution >= 0.6 is 0 Å². The number of pyridine rings is 1. The van der Waals surface area contributed by atoms with Crippen molar-refractivity contribution >= 4 is 22.6 Å². The Morgan fingerprint density at radius 2 is 1.72 bits per heavy atom. The van der Waals surface area contributed by atoms with Crippen molar-refractivity contribution in [3.63, 3.8) is 0 Å². The zero-order valence-corrected chi connectivity index (χ0v) is 17.0. The maximum Gasteiger partial charge on any atom is 0.248 e. The Morgan fingerprint density at radius 3 is 2.50 bits per heavy atom. The van der Waals surface area contributed by atoms with Crippen LogP contribution in [0.5, 0.6) is 5.75 Å². The third-order valence-corrected chi connectivity index (χ3v) is 4.98. The van der Waals surface area contributed by atoms with Gasteiger partial charge in [0.1, 0.15) is 18.2 Å². The van der Waals surface area contributed by atoms with Gasteiger partial charge in [-0.3, -0.25) is 0 Å². The molecule has 5 nitrogen and oxygen atoms in total. The first-order chi connectivity index (χ1) is 15.7. The molecule has 0 fully saturated rings. The van der Waals surface area contributed by atoms with Crippen LogP contribution < -0.4 is 4.74 Å². The van der Waals surface area contributed by atoms with Gasteiger partial charge in [-0.15, -0.1) is 10.2 Å². The molecule has 2 heterocycles. The highest BCUT2D eigenvalue weighted by Crippen LogP contribution is 2.27. The zero-order chi connectivity index (χ0) is 21.8. The fourth-order valence-electron chi connectivity index (χ4n) is 3.36. The molecular weight excluding hydrogens is 405 g/mol. The molecule has 0 radical (unpaired) electrons. The number of halogens is 1. The van der Waals surface area contributed by atoms with Crippen LogP contribution in [0.4, 0.5) is 4.39 Å². The lowest BCUT2D eigenvalue weighted by molar-refractivity contribution is 0.302. The van der Waals surface area contributed by atoms with Crippen molar-refractivity contribution in [1.29, 1.82) is 0 Å². The molecule has 3 aromatic carbocycles. The molecule has 0 spiro atoms. The zero-order valence-electron chi connectivity index (χ0n) is 17.0. The molecule has 156 valence electrons. The molecule has 0 aliphatic carbocycles. The maximum absolute atomic E-state index is 13.3. The average Bonchev–Trinajstić information content (AvgIpc) is 3.37. The van der Waals surface area contributed by atoms with Gasteiger partial charge in [-0.25, -0.2) is 9.37 Å². The highest BCUT2D eigenvalue weighted by molar-refractivity contribution is 5.88. The number of hydrogen-bond donors (Lipinski definition) is 0. The van der Waals surface area contributed by atoms with Crippen LogP contribution in [0.3, 0.4) is 0 Å². The van der Waals surface area contributed by atoms with E-state index in [1.165, 1.54) is 18.5 Å². The molecule has 0 saturated carbocycles. The summed E-state index contributed by atoms with van der Waals surface area (Å²) in [6, 6.07) is 25.8. The van der Waals surface area contributed by atoms with E-state index in [2.05, 4.69) is 15.2 Å². The predicted molar refractivity (Wildman–Crippen MR) is 120 cm³/mol. The van der Waals surface area contributed by atoms with Gasteiger partial charge in [0.15, 0.2) is 0 Å². The lowest BCUT2D eigenvalue weighted by Crippen LogP contribution is -1.98. The van der Waals surface area contributed by atoms with Crippen LogP contribution in [0.1, 0.15) is 22.7 Å². The number of benzene rings is 3. The van der Waals surface area contributed by atoms with Crippen molar-refractivity contribution in [2.45, 2.75) is 6.61 Å². The van der Waals surface area contributed by atoms with Crippen molar-refractivity contribution in [3.8, 4) is 5.75 Å². The van der Waals surface area contributed by atoms with Crippen LogP contribution in [0.2, 0.25) is 0 Å². The molecular formula is C26H18FN3O2. The van der Waals surface area contributed by atoms with Crippen LogP contribution in [0.25, 0.3) is 22.6 Å². The summed E-state index contributed by atoms with van der Waals surface area (Å²) >= 11 is 0. The third-order valence-electron chi connectivity index (χ3n) is 4.98. The predicted octanol–water partition coefficient (Wildman–Crippen LogP) is 5.92. The standard InChI is InChI=1S/C26H18FN3O2/c27-21-10-5-18(6-11-21)15-24(26-30-28-17-32-26)19-8-13-23(14-9-19)31-16-22-12-7-20-3-1-2-4-25(20)29-22/h1-15,17H,16H2. The van der Waals surface area contributed by atoms with Gasteiger partial charge in [0.25, 0.3) is 0 Å². The second-order valence-electron chi connectivity index (χ2n) is 7.16. The van der Waals surface area contributed by atoms with E-state index in [9.17, 15) is 4.39 Å². The van der Waals surface area contributed by atoms with Crippen LogP contribution in [0.15, 0.2) is 95.7 Å². The topological polar surface area (TPSA) is 61.0 Å². The normalized spacial score (nSPS) is 11.6. The van der Waals surface area contributed by atoms with Crippen LogP contribution in [-0.4, -0.2) is 15.2 Å². The molecule has 0 amide bonds.